The van der Waals surface area contributed by atoms with Crippen LogP contribution in [-0.2, 0) is 54.1 Å². The monoisotopic (exact) mass is 1470 g/mol. The number of fused-ring (bicyclic) bond motifs is 2. The number of aromatic carboxylic acids is 4. The SMILES string of the molecule is CC(=O)Nc1c(C(=O)O)[c-]nn1C.Cc1nc2c([c-]nn2C)c(=O)[nH]1.Cc1nc2c([c-]nn2C)c(=O)n1C.Cn1cc(C(=O)O)[c-]n1.Cn1n[c-]c(C(=O)O)c1N.Cn1n[c-]c(C(=O)O)c1[N+](=O)[O-].[Rb+].[Rb+].[Rb+].[Rb+].[Rb+].[Rb+]. The fourth-order valence-corrected chi connectivity index (χ4v) is 4.90. The zero-order chi connectivity index (χ0) is 52.2. The number of aromatic amines is 1. The number of nitrogens with one attached hydrogen (secondary N) is 2. The van der Waals surface area contributed by atoms with Crippen molar-refractivity contribution in [1.29, 1.82) is 0 Å². The van der Waals surface area contributed by atoms with E-state index in [1.54, 1.807) is 53.8 Å². The number of carbonyl (C=O) groups excluding carboxylic acids is 1. The molecule has 0 aliphatic carbocycles. The van der Waals surface area contributed by atoms with Crippen molar-refractivity contribution in [2.24, 2.45) is 49.3 Å². The van der Waals surface area contributed by atoms with Gasteiger partial charge >= 0.3 is 349 Å². The maximum atomic E-state index is 11.6. The molecule has 0 atom stereocenters. The number of hydrogen-bond donors (Lipinski definition) is 7. The van der Waals surface area contributed by atoms with E-state index in [-0.39, 0.29) is 394 Å². The first kappa shape index (κ1) is 82.4. The van der Waals surface area contributed by atoms with Crippen LogP contribution < -0.4 is 371 Å². The topological polar surface area (TPSA) is 435 Å². The van der Waals surface area contributed by atoms with Crippen LogP contribution in [0.2, 0.25) is 0 Å². The van der Waals surface area contributed by atoms with E-state index in [0.717, 1.165) is 4.68 Å². The number of nitrogens with zero attached hydrogens (tertiary/aromatic N) is 16. The number of carboxylic acids is 4. The van der Waals surface area contributed by atoms with Gasteiger partial charge in [-0.15, -0.1) is 0 Å². The van der Waals surface area contributed by atoms with E-state index >= 15 is 0 Å². The first-order valence-electron chi connectivity index (χ1n) is 18.6. The molecule has 1 amide bonds. The first-order valence-corrected chi connectivity index (χ1v) is 18.6. The van der Waals surface area contributed by atoms with Gasteiger partial charge in [0.2, 0.25) is 35.6 Å². The number of anilines is 2. The molecule has 32 nitrogen and oxygen atoms in total. The minimum Gasteiger partial charge on any atom is -0.535 e. The number of amides is 1. The van der Waals surface area contributed by atoms with Gasteiger partial charge in [0.25, 0.3) is 0 Å². The quantitative estimate of drug-likeness (QED) is 0.0462. The number of aromatic nitrogens is 16. The van der Waals surface area contributed by atoms with E-state index in [0.29, 0.717) is 33.7 Å². The van der Waals surface area contributed by atoms with Gasteiger partial charge in [-0.3, -0.25) is 40.3 Å². The maximum Gasteiger partial charge on any atom is 1.00 e. The molecule has 0 spiro atoms. The van der Waals surface area contributed by atoms with Crippen LogP contribution in [0.25, 0.3) is 22.1 Å². The Bertz CT molecular complexity index is 3340. The number of carbonyl (C=O) groups is 5. The number of carboxylic acid groups (broad SMARTS) is 4. The predicted octanol–water partition coefficient (Wildman–Crippen LogP) is -19.3. The molecular formula is C37H39N19O13Rb6. The number of rotatable bonds is 6. The molecule has 8 aromatic heterocycles. The molecule has 0 aliphatic rings. The summed E-state index contributed by atoms with van der Waals surface area (Å²) >= 11 is 0. The molecule has 0 saturated carbocycles. The molecule has 0 unspecified atom stereocenters. The van der Waals surface area contributed by atoms with Crippen LogP contribution in [0.3, 0.4) is 0 Å². The summed E-state index contributed by atoms with van der Waals surface area (Å²) in [5, 5.41) is 68.9. The minimum absolute atomic E-state index is 0. The summed E-state index contributed by atoms with van der Waals surface area (Å²) in [5.41, 5.74) is 5.50. The van der Waals surface area contributed by atoms with E-state index in [2.05, 4.69) is 81.8 Å². The average Bonchev–Trinajstić information content (AvgIpc) is 4.14. The number of hydrogen-bond acceptors (Lipinski definition) is 18. The zero-order valence-corrected chi connectivity index (χ0v) is 73.3. The van der Waals surface area contributed by atoms with E-state index in [1.165, 1.54) is 50.5 Å². The molecular weight excluding hydrogens is 1430 g/mol. The molecule has 38 heteroatoms. The number of nitrogen functional groups attached to an aromatic ring is 1. The first-order chi connectivity index (χ1) is 32.2. The van der Waals surface area contributed by atoms with Crippen molar-refractivity contribution in [3.05, 3.63) is 108 Å². The molecule has 8 N–H and O–H groups in total. The summed E-state index contributed by atoms with van der Waals surface area (Å²) in [6.45, 7) is 4.81. The van der Waals surface area contributed by atoms with Crippen molar-refractivity contribution in [3.63, 3.8) is 0 Å². The van der Waals surface area contributed by atoms with E-state index in [1.807, 2.05) is 6.20 Å². The van der Waals surface area contributed by atoms with Crippen molar-refractivity contribution in [1.82, 2.24) is 78.2 Å². The summed E-state index contributed by atoms with van der Waals surface area (Å²) in [7, 11) is 11.1. The van der Waals surface area contributed by atoms with Gasteiger partial charge in [-0.25, -0.2) is 0 Å². The van der Waals surface area contributed by atoms with Crippen LogP contribution in [0, 0.1) is 61.1 Å². The smallest absolute Gasteiger partial charge is 0.535 e. The second kappa shape index (κ2) is 39.4. The standard InChI is InChI=1S/C8H9N4O.C7H7N4O.C7H8N3O3.C5H4N3O4.C5H6N3O2.C5H5N2O2.6Rb/c1-5-10-7-6(4-9-12(7)3)8(13)11(5)2;1-4-9-6-5(7(12)10-4)3-8-11(6)2;1-4(11)9-6-5(7(12)13)3-8-10(6)2;1-7-4(8(11)12)3(2-6-7)5(9)10;1-8-4(6)3(2-7-8)5(9)10;1-7-3-4(2-6-7)5(8)9;;;;;;/h1-3H3;1-2H3,(H,9,10,12);1-2H3,(H,9,11)(H,12,13);1H3,(H,9,10);6H2,1H3,(H,9,10);3H,1H3,(H,8,9);;;;;;/q6*-1;6*+1. The molecule has 366 valence electrons. The molecule has 0 saturated heterocycles. The predicted molar refractivity (Wildman–Crippen MR) is 231 cm³/mol. The van der Waals surface area contributed by atoms with Crippen molar-refractivity contribution < 1.29 is 398 Å². The van der Waals surface area contributed by atoms with Crippen molar-refractivity contribution >= 4 is 69.3 Å². The number of H-pyrrole nitrogens is 1. The summed E-state index contributed by atoms with van der Waals surface area (Å²) in [5.74, 6) is -4.08. The van der Waals surface area contributed by atoms with Gasteiger partial charge in [-0.1, -0.05) is 27.5 Å². The van der Waals surface area contributed by atoms with E-state index < -0.39 is 40.2 Å². The van der Waals surface area contributed by atoms with Gasteiger partial charge in [0.1, 0.15) is 11.1 Å². The Kier molecular flexibility index (Phi) is 43.3. The fraction of sp³-hybridized carbons (Fsp3) is 0.270. The fourth-order valence-electron chi connectivity index (χ4n) is 4.90. The van der Waals surface area contributed by atoms with Crippen molar-refractivity contribution in [2.45, 2.75) is 20.8 Å². The molecule has 75 heavy (non-hydrogen) atoms. The Morgan fingerprint density at radius 2 is 1.08 bits per heavy atom. The Morgan fingerprint density at radius 3 is 1.48 bits per heavy atom. The number of nitrogens with two attached hydrogens (primary N) is 1. The molecule has 8 aromatic rings. The third-order valence-corrected chi connectivity index (χ3v) is 8.36. The molecule has 0 radical (unpaired) electrons. The summed E-state index contributed by atoms with van der Waals surface area (Å²) in [4.78, 5) is 95.2. The molecule has 0 aromatic carbocycles. The van der Waals surface area contributed by atoms with E-state index in [4.69, 9.17) is 26.2 Å². The van der Waals surface area contributed by atoms with Gasteiger partial charge < -0.3 is 103 Å². The second-order valence-corrected chi connectivity index (χ2v) is 13.4. The van der Waals surface area contributed by atoms with Gasteiger partial charge in [0.05, 0.1) is 30.0 Å². The van der Waals surface area contributed by atoms with Crippen LogP contribution in [0.1, 0.15) is 60.0 Å². The molecule has 8 heterocycles. The Morgan fingerprint density at radius 1 is 0.627 bits per heavy atom. The molecule has 0 aliphatic heterocycles. The Balaban J connectivity index is -0.000000398. The van der Waals surface area contributed by atoms with E-state index in [9.17, 15) is 43.7 Å². The van der Waals surface area contributed by atoms with Crippen LogP contribution >= 0.6 is 0 Å². The normalized spacial score (nSPS) is 9.31. The summed E-state index contributed by atoms with van der Waals surface area (Å²) in [6.07, 6.45) is 15.5. The largest absolute Gasteiger partial charge is 1.00 e. The third kappa shape index (κ3) is 24.7. The van der Waals surface area contributed by atoms with Crippen molar-refractivity contribution in [2.75, 3.05) is 11.1 Å². The molecule has 0 bridgehead atoms. The second-order valence-electron chi connectivity index (χ2n) is 13.4. The molecule has 8 rings (SSSR count). The summed E-state index contributed by atoms with van der Waals surface area (Å²) < 4.78 is 9.29. The van der Waals surface area contributed by atoms with Crippen LogP contribution in [-0.4, -0.2) is 133 Å². The number of nitro groups is 1. The number of aryl methyl sites for hydroxylation is 8. The summed E-state index contributed by atoms with van der Waals surface area (Å²) in [6, 6.07) is 0. The maximum absolute atomic E-state index is 11.6. The van der Waals surface area contributed by atoms with Crippen LogP contribution in [0.15, 0.2) is 15.8 Å². The minimum atomic E-state index is -1.41. The Labute approximate surface area is 717 Å². The van der Waals surface area contributed by atoms with Gasteiger partial charge in [-0.05, 0) is 62.2 Å². The van der Waals surface area contributed by atoms with Crippen LogP contribution in [0.4, 0.5) is 17.5 Å². The zero-order valence-electron chi connectivity index (χ0n) is 43.8. The van der Waals surface area contributed by atoms with Crippen molar-refractivity contribution in [3.8, 4) is 0 Å². The van der Waals surface area contributed by atoms with Gasteiger partial charge in [-0.2, -0.15) is 9.78 Å². The van der Waals surface area contributed by atoms with Crippen LogP contribution in [0.5, 0.6) is 0 Å². The Hall–Kier alpha value is 0.921. The third-order valence-electron chi connectivity index (χ3n) is 8.36. The average molecular weight is 1470 g/mol. The van der Waals surface area contributed by atoms with Gasteiger partial charge in [0, 0.05) is 66.4 Å². The molecule has 0 fully saturated rings. The van der Waals surface area contributed by atoms with Gasteiger partial charge in [0.15, 0.2) is 0 Å².